The van der Waals surface area contributed by atoms with E-state index in [2.05, 4.69) is 10.1 Å². The van der Waals surface area contributed by atoms with Gasteiger partial charge in [0.25, 0.3) is 5.56 Å². The highest BCUT2D eigenvalue weighted by Crippen LogP contribution is 2.31. The van der Waals surface area contributed by atoms with E-state index < -0.39 is 12.0 Å². The van der Waals surface area contributed by atoms with Crippen molar-refractivity contribution in [3.63, 3.8) is 0 Å². The molecule has 8 nitrogen and oxygen atoms in total. The van der Waals surface area contributed by atoms with Crippen LogP contribution < -0.4 is 19.8 Å². The average molecular weight is 466 g/mol. The van der Waals surface area contributed by atoms with Crippen LogP contribution in [0.1, 0.15) is 37.9 Å². The Balaban J connectivity index is 1.91. The molecule has 0 bridgehead atoms. The molecule has 0 radical (unpaired) electrons. The van der Waals surface area contributed by atoms with Crippen molar-refractivity contribution < 1.29 is 9.53 Å². The maximum absolute atomic E-state index is 13.6. The third-order valence-corrected chi connectivity index (χ3v) is 6.50. The number of esters is 1. The fourth-order valence-corrected chi connectivity index (χ4v) is 4.89. The summed E-state index contributed by atoms with van der Waals surface area (Å²) in [6, 6.07) is 7.23. The fraction of sp³-hybridized carbons (Fsp3) is 0.333. The summed E-state index contributed by atoms with van der Waals surface area (Å²) in [4.78, 5) is 33.7. The fourth-order valence-electron chi connectivity index (χ4n) is 3.84. The number of thiazole rings is 1. The van der Waals surface area contributed by atoms with Crippen molar-refractivity contribution in [2.75, 3.05) is 25.6 Å². The SMILES string of the molecule is CCOC(=O)C1=C(C)N=c2s/c(=C/c3cnn(CC)c3)c(=O)n2[C@@H]1c1ccc(N(C)C)cc1. The minimum absolute atomic E-state index is 0.195. The van der Waals surface area contributed by atoms with Crippen molar-refractivity contribution in [3.8, 4) is 0 Å². The van der Waals surface area contributed by atoms with Gasteiger partial charge in [0, 0.05) is 38.1 Å². The van der Waals surface area contributed by atoms with Crippen LogP contribution in [-0.2, 0) is 16.1 Å². The summed E-state index contributed by atoms with van der Waals surface area (Å²) < 4.78 is 9.29. The molecule has 2 aromatic heterocycles. The molecule has 1 atom stereocenters. The summed E-state index contributed by atoms with van der Waals surface area (Å²) in [5.41, 5.74) is 3.44. The second-order valence-corrected chi connectivity index (χ2v) is 8.93. The molecule has 0 amide bonds. The van der Waals surface area contributed by atoms with E-state index in [1.807, 2.05) is 62.5 Å². The summed E-state index contributed by atoms with van der Waals surface area (Å²) in [6.07, 6.45) is 5.44. The maximum atomic E-state index is 13.6. The van der Waals surface area contributed by atoms with Crippen molar-refractivity contribution in [3.05, 3.63) is 78.7 Å². The Morgan fingerprint density at radius 3 is 2.58 bits per heavy atom. The quantitative estimate of drug-likeness (QED) is 0.521. The number of anilines is 1. The first kappa shape index (κ1) is 22.7. The normalized spacial score (nSPS) is 15.9. The molecule has 0 unspecified atom stereocenters. The molecular weight excluding hydrogens is 438 g/mol. The molecule has 0 fully saturated rings. The second-order valence-electron chi connectivity index (χ2n) is 7.92. The molecule has 0 N–H and O–H groups in total. The number of benzene rings is 1. The van der Waals surface area contributed by atoms with Crippen LogP contribution in [0.5, 0.6) is 0 Å². The number of hydrogen-bond acceptors (Lipinski definition) is 7. The summed E-state index contributed by atoms with van der Waals surface area (Å²) in [6.45, 7) is 6.55. The number of aryl methyl sites for hydroxylation is 1. The van der Waals surface area contributed by atoms with E-state index in [1.165, 1.54) is 11.3 Å². The van der Waals surface area contributed by atoms with Gasteiger partial charge < -0.3 is 9.64 Å². The van der Waals surface area contributed by atoms with Gasteiger partial charge in [-0.1, -0.05) is 23.5 Å². The Kier molecular flexibility index (Phi) is 6.33. The molecule has 1 aliphatic rings. The molecule has 0 saturated carbocycles. The van der Waals surface area contributed by atoms with E-state index in [-0.39, 0.29) is 12.2 Å². The summed E-state index contributed by atoms with van der Waals surface area (Å²) >= 11 is 1.31. The van der Waals surface area contributed by atoms with Crippen molar-refractivity contribution in [2.45, 2.75) is 33.4 Å². The lowest BCUT2D eigenvalue weighted by Gasteiger charge is -2.25. The van der Waals surface area contributed by atoms with Gasteiger partial charge >= 0.3 is 5.97 Å². The van der Waals surface area contributed by atoms with Gasteiger partial charge in [-0.3, -0.25) is 14.0 Å². The van der Waals surface area contributed by atoms with Crippen molar-refractivity contribution in [1.82, 2.24) is 14.3 Å². The largest absolute Gasteiger partial charge is 0.463 e. The van der Waals surface area contributed by atoms with Gasteiger partial charge in [-0.05, 0) is 44.5 Å². The van der Waals surface area contributed by atoms with E-state index >= 15 is 0 Å². The molecule has 9 heteroatoms. The van der Waals surface area contributed by atoms with Gasteiger partial charge in [-0.15, -0.1) is 0 Å². The molecule has 172 valence electrons. The smallest absolute Gasteiger partial charge is 0.338 e. The Morgan fingerprint density at radius 2 is 1.97 bits per heavy atom. The Hall–Kier alpha value is -3.46. The minimum Gasteiger partial charge on any atom is -0.463 e. The third-order valence-electron chi connectivity index (χ3n) is 5.52. The standard InChI is InChI=1S/C24H27N5O3S/c1-6-28-14-16(13-25-28)12-19-22(30)29-21(17-8-10-18(11-9-17)27(4)5)20(23(31)32-7-2)15(3)26-24(29)33-19/h8-14,21H,6-7H2,1-5H3/b19-12+/t21-/m1/s1. The molecule has 1 aliphatic heterocycles. The van der Waals surface area contributed by atoms with Gasteiger partial charge in [0.1, 0.15) is 0 Å². The van der Waals surface area contributed by atoms with Gasteiger partial charge in [0.2, 0.25) is 0 Å². The topological polar surface area (TPSA) is 81.7 Å². The van der Waals surface area contributed by atoms with Gasteiger partial charge in [0.15, 0.2) is 4.80 Å². The molecule has 33 heavy (non-hydrogen) atoms. The number of carbonyl (C=O) groups excluding carboxylic acids is 1. The molecule has 0 saturated heterocycles. The highest BCUT2D eigenvalue weighted by atomic mass is 32.1. The van der Waals surface area contributed by atoms with Crippen molar-refractivity contribution in [2.24, 2.45) is 4.99 Å². The van der Waals surface area contributed by atoms with E-state index in [0.717, 1.165) is 23.4 Å². The number of aromatic nitrogens is 3. The molecule has 0 spiro atoms. The molecular formula is C24H27N5O3S. The van der Waals surface area contributed by atoms with Crippen LogP contribution in [0, 0.1) is 0 Å². The predicted molar refractivity (Wildman–Crippen MR) is 129 cm³/mol. The average Bonchev–Trinajstić information content (AvgIpc) is 3.37. The van der Waals surface area contributed by atoms with Gasteiger partial charge in [0.05, 0.1) is 34.6 Å². The monoisotopic (exact) mass is 465 g/mol. The first-order valence-corrected chi connectivity index (χ1v) is 11.6. The molecule has 1 aromatic carbocycles. The van der Waals surface area contributed by atoms with Gasteiger partial charge in [-0.2, -0.15) is 5.10 Å². The van der Waals surface area contributed by atoms with E-state index in [1.54, 1.807) is 29.3 Å². The highest BCUT2D eigenvalue weighted by Gasteiger charge is 2.33. The van der Waals surface area contributed by atoms with E-state index in [4.69, 9.17) is 4.74 Å². The Labute approximate surface area is 195 Å². The van der Waals surface area contributed by atoms with Crippen LogP contribution in [0.2, 0.25) is 0 Å². The molecule has 3 heterocycles. The number of nitrogens with zero attached hydrogens (tertiary/aromatic N) is 5. The summed E-state index contributed by atoms with van der Waals surface area (Å²) in [5.74, 6) is -0.459. The number of carbonyl (C=O) groups is 1. The Bertz CT molecular complexity index is 1390. The number of allylic oxidation sites excluding steroid dienone is 1. The summed E-state index contributed by atoms with van der Waals surface area (Å²) in [5, 5.41) is 4.28. The zero-order valence-electron chi connectivity index (χ0n) is 19.4. The number of ether oxygens (including phenoxy) is 1. The minimum atomic E-state index is -0.614. The van der Waals surface area contributed by atoms with Crippen LogP contribution in [0.25, 0.3) is 6.08 Å². The number of rotatable bonds is 6. The lowest BCUT2D eigenvalue weighted by Crippen LogP contribution is -2.39. The Morgan fingerprint density at radius 1 is 1.24 bits per heavy atom. The molecule has 3 aromatic rings. The van der Waals surface area contributed by atoms with Crippen LogP contribution in [0.15, 0.2) is 57.7 Å². The van der Waals surface area contributed by atoms with Crippen LogP contribution >= 0.6 is 11.3 Å². The molecule has 4 rings (SSSR count). The van der Waals surface area contributed by atoms with Gasteiger partial charge in [-0.25, -0.2) is 9.79 Å². The summed E-state index contributed by atoms with van der Waals surface area (Å²) in [7, 11) is 3.93. The zero-order chi connectivity index (χ0) is 23.7. The second kappa shape index (κ2) is 9.19. The van der Waals surface area contributed by atoms with E-state index in [9.17, 15) is 9.59 Å². The molecule has 0 aliphatic carbocycles. The third kappa shape index (κ3) is 4.28. The predicted octanol–water partition coefficient (Wildman–Crippen LogP) is 2.08. The van der Waals surface area contributed by atoms with Crippen LogP contribution in [-0.4, -0.2) is 41.0 Å². The first-order chi connectivity index (χ1) is 15.8. The van der Waals surface area contributed by atoms with Crippen molar-refractivity contribution >= 4 is 29.1 Å². The zero-order valence-corrected chi connectivity index (χ0v) is 20.2. The van der Waals surface area contributed by atoms with Crippen molar-refractivity contribution in [1.29, 1.82) is 0 Å². The van der Waals surface area contributed by atoms with E-state index in [0.29, 0.717) is 20.6 Å². The highest BCUT2D eigenvalue weighted by molar-refractivity contribution is 7.07. The van der Waals surface area contributed by atoms with Crippen LogP contribution in [0.3, 0.4) is 0 Å². The number of fused-ring (bicyclic) bond motifs is 1. The lowest BCUT2D eigenvalue weighted by molar-refractivity contribution is -0.139. The lowest BCUT2D eigenvalue weighted by atomic mass is 9.95. The maximum Gasteiger partial charge on any atom is 0.338 e. The number of hydrogen-bond donors (Lipinski definition) is 0. The van der Waals surface area contributed by atoms with Crippen LogP contribution in [0.4, 0.5) is 5.69 Å². The first-order valence-electron chi connectivity index (χ1n) is 10.8.